The summed E-state index contributed by atoms with van der Waals surface area (Å²) in [5, 5.41) is 4.47. The second-order valence-electron chi connectivity index (χ2n) is 6.46. The Hall–Kier alpha value is -2.86. The number of halogens is 1. The minimum Gasteiger partial charge on any atom is -0.493 e. The van der Waals surface area contributed by atoms with E-state index < -0.39 is 0 Å². The number of rotatable bonds is 5. The van der Waals surface area contributed by atoms with Crippen molar-refractivity contribution in [2.24, 2.45) is 0 Å². The van der Waals surface area contributed by atoms with E-state index in [4.69, 9.17) is 14.2 Å². The van der Waals surface area contributed by atoms with Gasteiger partial charge in [-0.2, -0.15) is 5.10 Å². The van der Waals surface area contributed by atoms with Gasteiger partial charge in [-0.25, -0.2) is 9.07 Å². The summed E-state index contributed by atoms with van der Waals surface area (Å²) in [6, 6.07) is 14.1. The first-order valence-corrected chi connectivity index (χ1v) is 8.94. The van der Waals surface area contributed by atoms with Crippen molar-refractivity contribution in [3.05, 3.63) is 60.0 Å². The lowest BCUT2D eigenvalue weighted by Gasteiger charge is -2.17. The molecule has 1 aromatic heterocycles. The third-order valence-corrected chi connectivity index (χ3v) is 4.52. The number of hydrogen-bond acceptors (Lipinski definition) is 4. The Morgan fingerprint density at radius 1 is 1.15 bits per heavy atom. The molecule has 0 radical (unpaired) electrons. The van der Waals surface area contributed by atoms with E-state index in [1.165, 1.54) is 6.07 Å². The molecule has 4 rings (SSSR count). The van der Waals surface area contributed by atoms with Gasteiger partial charge in [0, 0.05) is 12.0 Å². The van der Waals surface area contributed by atoms with Crippen molar-refractivity contribution in [3.63, 3.8) is 0 Å². The SMILES string of the molecule is COc1ccc(-c2cc(C)nn2-c2ccccc2F)cc1OC1CCCO1. The van der Waals surface area contributed by atoms with E-state index in [0.29, 0.717) is 23.8 Å². The van der Waals surface area contributed by atoms with Crippen LogP contribution in [0.25, 0.3) is 16.9 Å². The zero-order valence-electron chi connectivity index (χ0n) is 15.3. The second kappa shape index (κ2) is 7.40. The minimum absolute atomic E-state index is 0.271. The van der Waals surface area contributed by atoms with Crippen molar-refractivity contribution in [3.8, 4) is 28.4 Å². The molecule has 1 atom stereocenters. The number of benzene rings is 2. The fourth-order valence-corrected chi connectivity index (χ4v) is 3.22. The molecule has 1 fully saturated rings. The van der Waals surface area contributed by atoms with Gasteiger partial charge in [0.1, 0.15) is 11.5 Å². The maximum absolute atomic E-state index is 14.3. The molecule has 27 heavy (non-hydrogen) atoms. The number of nitrogens with zero attached hydrogens (tertiary/aromatic N) is 2. The number of methoxy groups -OCH3 is 1. The van der Waals surface area contributed by atoms with Crippen molar-refractivity contribution < 1.29 is 18.6 Å². The standard InChI is InChI=1S/C21H21FN2O3/c1-14-12-18(24(23-14)17-7-4-3-6-16(17)22)15-9-10-19(25-2)20(13-15)27-21-8-5-11-26-21/h3-4,6-7,9-10,12-13,21H,5,8,11H2,1-2H3. The Bertz CT molecular complexity index is 948. The molecule has 0 aliphatic carbocycles. The fraction of sp³-hybridized carbons (Fsp3) is 0.286. The summed E-state index contributed by atoms with van der Waals surface area (Å²) in [5.74, 6) is 0.898. The first-order chi connectivity index (χ1) is 13.2. The van der Waals surface area contributed by atoms with Crippen molar-refractivity contribution in [1.82, 2.24) is 9.78 Å². The van der Waals surface area contributed by atoms with Gasteiger partial charge in [-0.1, -0.05) is 12.1 Å². The maximum Gasteiger partial charge on any atom is 0.200 e. The molecule has 0 saturated carbocycles. The molecule has 140 valence electrons. The molecular formula is C21H21FN2O3. The third-order valence-electron chi connectivity index (χ3n) is 4.52. The normalized spacial score (nSPS) is 16.5. The summed E-state index contributed by atoms with van der Waals surface area (Å²) in [6.45, 7) is 2.58. The van der Waals surface area contributed by atoms with Crippen LogP contribution in [0.2, 0.25) is 0 Å². The van der Waals surface area contributed by atoms with Crippen molar-refractivity contribution in [2.75, 3.05) is 13.7 Å². The lowest BCUT2D eigenvalue weighted by atomic mass is 10.1. The van der Waals surface area contributed by atoms with Crippen molar-refractivity contribution >= 4 is 0 Å². The number of aryl methyl sites for hydroxylation is 1. The second-order valence-corrected chi connectivity index (χ2v) is 6.46. The fourth-order valence-electron chi connectivity index (χ4n) is 3.22. The Labute approximate surface area is 157 Å². The van der Waals surface area contributed by atoms with E-state index in [1.807, 2.05) is 31.2 Å². The van der Waals surface area contributed by atoms with Crippen LogP contribution in [-0.4, -0.2) is 29.8 Å². The molecule has 0 N–H and O–H groups in total. The molecular weight excluding hydrogens is 347 g/mol. The molecule has 0 spiro atoms. The number of aromatic nitrogens is 2. The quantitative estimate of drug-likeness (QED) is 0.665. The lowest BCUT2D eigenvalue weighted by Crippen LogP contribution is -2.14. The molecule has 6 heteroatoms. The number of hydrogen-bond donors (Lipinski definition) is 0. The van der Waals surface area contributed by atoms with Crippen LogP contribution in [0.5, 0.6) is 11.5 Å². The summed E-state index contributed by atoms with van der Waals surface area (Å²) < 4.78 is 32.9. The Morgan fingerprint density at radius 2 is 2.00 bits per heavy atom. The van der Waals surface area contributed by atoms with E-state index in [2.05, 4.69) is 5.10 Å². The van der Waals surface area contributed by atoms with Crippen LogP contribution < -0.4 is 9.47 Å². The predicted molar refractivity (Wildman–Crippen MR) is 99.8 cm³/mol. The summed E-state index contributed by atoms with van der Waals surface area (Å²) in [5.41, 5.74) is 2.83. The van der Waals surface area contributed by atoms with Crippen LogP contribution in [0.1, 0.15) is 18.5 Å². The highest BCUT2D eigenvalue weighted by atomic mass is 19.1. The van der Waals surface area contributed by atoms with E-state index >= 15 is 0 Å². The molecule has 1 aliphatic rings. The van der Waals surface area contributed by atoms with Crippen molar-refractivity contribution in [1.29, 1.82) is 0 Å². The minimum atomic E-state index is -0.328. The van der Waals surface area contributed by atoms with Crippen LogP contribution in [-0.2, 0) is 4.74 Å². The van der Waals surface area contributed by atoms with Crippen LogP contribution in [0, 0.1) is 12.7 Å². The first-order valence-electron chi connectivity index (χ1n) is 8.94. The average molecular weight is 368 g/mol. The molecule has 3 aromatic rings. The van der Waals surface area contributed by atoms with Gasteiger partial charge in [-0.15, -0.1) is 0 Å². The Morgan fingerprint density at radius 3 is 2.74 bits per heavy atom. The highest BCUT2D eigenvalue weighted by Crippen LogP contribution is 2.35. The molecule has 2 heterocycles. The van der Waals surface area contributed by atoms with Crippen LogP contribution >= 0.6 is 0 Å². The number of para-hydroxylation sites is 1. The van der Waals surface area contributed by atoms with Crippen LogP contribution in [0.15, 0.2) is 48.5 Å². The predicted octanol–water partition coefficient (Wildman–Crippen LogP) is 4.51. The summed E-state index contributed by atoms with van der Waals surface area (Å²) in [7, 11) is 1.60. The largest absolute Gasteiger partial charge is 0.493 e. The van der Waals surface area contributed by atoms with Crippen LogP contribution in [0.3, 0.4) is 0 Å². The summed E-state index contributed by atoms with van der Waals surface area (Å²) in [4.78, 5) is 0. The average Bonchev–Trinajstić information content (AvgIpc) is 3.31. The van der Waals surface area contributed by atoms with E-state index in [0.717, 1.165) is 29.8 Å². The van der Waals surface area contributed by atoms with Gasteiger partial charge in [0.15, 0.2) is 17.8 Å². The monoisotopic (exact) mass is 368 g/mol. The zero-order valence-corrected chi connectivity index (χ0v) is 15.3. The van der Waals surface area contributed by atoms with Gasteiger partial charge in [0.05, 0.1) is 25.1 Å². The lowest BCUT2D eigenvalue weighted by molar-refractivity contribution is -0.0402. The van der Waals surface area contributed by atoms with Gasteiger partial charge in [-0.05, 0) is 49.7 Å². The van der Waals surface area contributed by atoms with E-state index in [9.17, 15) is 4.39 Å². The van der Waals surface area contributed by atoms with E-state index in [-0.39, 0.29) is 12.1 Å². The Kier molecular flexibility index (Phi) is 4.81. The van der Waals surface area contributed by atoms with Gasteiger partial charge < -0.3 is 14.2 Å². The first kappa shape index (κ1) is 17.5. The maximum atomic E-state index is 14.3. The molecule has 2 aromatic carbocycles. The topological polar surface area (TPSA) is 45.5 Å². The summed E-state index contributed by atoms with van der Waals surface area (Å²) >= 11 is 0. The molecule has 0 bridgehead atoms. The zero-order chi connectivity index (χ0) is 18.8. The van der Waals surface area contributed by atoms with Crippen LogP contribution in [0.4, 0.5) is 4.39 Å². The Balaban J connectivity index is 1.76. The molecule has 1 saturated heterocycles. The highest BCUT2D eigenvalue weighted by molar-refractivity contribution is 5.66. The third kappa shape index (κ3) is 3.53. The van der Waals surface area contributed by atoms with Gasteiger partial charge in [0.2, 0.25) is 0 Å². The smallest absolute Gasteiger partial charge is 0.200 e. The number of ether oxygens (including phenoxy) is 3. The summed E-state index contributed by atoms with van der Waals surface area (Å²) in [6.07, 6.45) is 1.55. The van der Waals surface area contributed by atoms with Gasteiger partial charge in [-0.3, -0.25) is 0 Å². The highest BCUT2D eigenvalue weighted by Gasteiger charge is 2.20. The molecule has 1 aliphatic heterocycles. The van der Waals surface area contributed by atoms with Crippen molar-refractivity contribution in [2.45, 2.75) is 26.1 Å². The molecule has 1 unspecified atom stereocenters. The molecule has 5 nitrogen and oxygen atoms in total. The van der Waals surface area contributed by atoms with Gasteiger partial charge >= 0.3 is 0 Å². The van der Waals surface area contributed by atoms with E-state index in [1.54, 1.807) is 30.0 Å². The van der Waals surface area contributed by atoms with Gasteiger partial charge in [0.25, 0.3) is 0 Å². The molecule has 0 amide bonds.